The molecule has 1 unspecified atom stereocenters. The molecule has 1 aromatic carbocycles. The van der Waals surface area contributed by atoms with Crippen molar-refractivity contribution < 1.29 is 0 Å². The summed E-state index contributed by atoms with van der Waals surface area (Å²) >= 11 is 9.54. The van der Waals surface area contributed by atoms with Crippen molar-refractivity contribution in [2.24, 2.45) is 0 Å². The highest BCUT2D eigenvalue weighted by molar-refractivity contribution is 9.10. The van der Waals surface area contributed by atoms with Crippen LogP contribution in [0.2, 0.25) is 0 Å². The predicted molar refractivity (Wildman–Crippen MR) is 95.3 cm³/mol. The van der Waals surface area contributed by atoms with E-state index in [0.29, 0.717) is 4.83 Å². The molecule has 0 saturated carbocycles. The molecule has 0 bridgehead atoms. The molecular formula is C17H18Br2S. The molecule has 0 amide bonds. The zero-order chi connectivity index (χ0) is 14.3. The molecule has 0 N–H and O–H groups in total. The first-order valence-electron chi connectivity index (χ1n) is 7.08. The summed E-state index contributed by atoms with van der Waals surface area (Å²) in [6.07, 6.45) is 5.25. The van der Waals surface area contributed by atoms with E-state index in [1.54, 1.807) is 10.4 Å². The minimum atomic E-state index is 0.324. The number of benzene rings is 1. The minimum Gasteiger partial charge on any atom is -0.144 e. The van der Waals surface area contributed by atoms with E-state index in [1.807, 2.05) is 11.3 Å². The van der Waals surface area contributed by atoms with Crippen molar-refractivity contribution in [3.8, 4) is 0 Å². The van der Waals surface area contributed by atoms with Gasteiger partial charge in [0.15, 0.2) is 0 Å². The van der Waals surface area contributed by atoms with Gasteiger partial charge < -0.3 is 0 Å². The second-order valence-corrected chi connectivity index (χ2v) is 8.56. The molecule has 0 fully saturated rings. The molecule has 3 rings (SSSR count). The van der Waals surface area contributed by atoms with Crippen molar-refractivity contribution in [1.82, 2.24) is 0 Å². The largest absolute Gasteiger partial charge is 0.144 e. The SMILES string of the molecule is Cc1cc(C(Br)c2cc3c(s2)CCCC3)c(C)cc1Br. The van der Waals surface area contributed by atoms with Crippen LogP contribution in [0.5, 0.6) is 0 Å². The fraction of sp³-hybridized carbons (Fsp3) is 0.412. The van der Waals surface area contributed by atoms with Crippen LogP contribution in [0.25, 0.3) is 0 Å². The van der Waals surface area contributed by atoms with Crippen molar-refractivity contribution >= 4 is 43.2 Å². The summed E-state index contributed by atoms with van der Waals surface area (Å²) in [7, 11) is 0. The topological polar surface area (TPSA) is 0 Å². The number of fused-ring (bicyclic) bond motifs is 1. The van der Waals surface area contributed by atoms with Crippen LogP contribution in [-0.4, -0.2) is 0 Å². The highest BCUT2D eigenvalue weighted by Gasteiger charge is 2.20. The third kappa shape index (κ3) is 2.77. The van der Waals surface area contributed by atoms with Gasteiger partial charge in [-0.05, 0) is 73.9 Å². The van der Waals surface area contributed by atoms with E-state index < -0.39 is 0 Å². The Balaban J connectivity index is 1.98. The summed E-state index contributed by atoms with van der Waals surface area (Å²) in [5.74, 6) is 0. The summed E-state index contributed by atoms with van der Waals surface area (Å²) in [5, 5.41) is 0. The van der Waals surface area contributed by atoms with E-state index in [1.165, 1.54) is 51.7 Å². The van der Waals surface area contributed by atoms with E-state index in [9.17, 15) is 0 Å². The lowest BCUT2D eigenvalue weighted by Gasteiger charge is -2.14. The van der Waals surface area contributed by atoms with Crippen LogP contribution in [0.1, 0.15) is 49.7 Å². The molecule has 0 saturated heterocycles. The average Bonchev–Trinajstić information content (AvgIpc) is 2.86. The lowest BCUT2D eigenvalue weighted by molar-refractivity contribution is 0.697. The van der Waals surface area contributed by atoms with Gasteiger partial charge in [-0.2, -0.15) is 0 Å². The second-order valence-electron chi connectivity index (χ2n) is 5.62. The molecule has 1 aromatic heterocycles. The predicted octanol–water partition coefficient (Wildman–Crippen LogP) is 6.49. The molecular weight excluding hydrogens is 396 g/mol. The summed E-state index contributed by atoms with van der Waals surface area (Å²) in [6.45, 7) is 4.35. The molecule has 1 aliphatic rings. The molecule has 106 valence electrons. The molecule has 0 spiro atoms. The molecule has 1 atom stereocenters. The van der Waals surface area contributed by atoms with Crippen LogP contribution in [-0.2, 0) is 12.8 Å². The van der Waals surface area contributed by atoms with Crippen molar-refractivity contribution in [1.29, 1.82) is 0 Å². The molecule has 2 aromatic rings. The highest BCUT2D eigenvalue weighted by Crippen LogP contribution is 2.41. The third-order valence-electron chi connectivity index (χ3n) is 4.09. The van der Waals surface area contributed by atoms with Gasteiger partial charge in [0.05, 0.1) is 4.83 Å². The Labute approximate surface area is 141 Å². The first kappa shape index (κ1) is 14.8. The van der Waals surface area contributed by atoms with Crippen LogP contribution in [0.15, 0.2) is 22.7 Å². The number of alkyl halides is 1. The molecule has 0 radical (unpaired) electrons. The van der Waals surface area contributed by atoms with Crippen LogP contribution < -0.4 is 0 Å². The van der Waals surface area contributed by atoms with Gasteiger partial charge >= 0.3 is 0 Å². The summed E-state index contributed by atoms with van der Waals surface area (Å²) in [5.41, 5.74) is 5.63. The maximum absolute atomic E-state index is 3.93. The Morgan fingerprint density at radius 3 is 2.55 bits per heavy atom. The maximum atomic E-state index is 3.93. The van der Waals surface area contributed by atoms with Crippen molar-refractivity contribution in [3.05, 3.63) is 54.7 Å². The van der Waals surface area contributed by atoms with Gasteiger partial charge in [-0.25, -0.2) is 0 Å². The van der Waals surface area contributed by atoms with Crippen molar-refractivity contribution in [2.45, 2.75) is 44.4 Å². The Hall–Kier alpha value is -0.120. The molecule has 1 aliphatic carbocycles. The van der Waals surface area contributed by atoms with Gasteiger partial charge in [0, 0.05) is 14.2 Å². The van der Waals surface area contributed by atoms with Gasteiger partial charge in [0.1, 0.15) is 0 Å². The van der Waals surface area contributed by atoms with Crippen LogP contribution in [0.3, 0.4) is 0 Å². The van der Waals surface area contributed by atoms with Crippen molar-refractivity contribution in [2.75, 3.05) is 0 Å². The zero-order valence-corrected chi connectivity index (χ0v) is 15.8. The van der Waals surface area contributed by atoms with Gasteiger partial charge in [0.2, 0.25) is 0 Å². The monoisotopic (exact) mass is 412 g/mol. The van der Waals surface area contributed by atoms with Gasteiger partial charge in [0.25, 0.3) is 0 Å². The molecule has 0 nitrogen and oxygen atoms in total. The number of aryl methyl sites for hydroxylation is 4. The average molecular weight is 414 g/mol. The molecule has 0 aliphatic heterocycles. The summed E-state index contributed by atoms with van der Waals surface area (Å²) in [6, 6.07) is 6.96. The molecule has 1 heterocycles. The number of hydrogen-bond donors (Lipinski definition) is 0. The van der Waals surface area contributed by atoms with E-state index in [0.717, 1.165) is 0 Å². The number of halogens is 2. The maximum Gasteiger partial charge on any atom is 0.0740 e. The zero-order valence-electron chi connectivity index (χ0n) is 11.8. The Bertz CT molecular complexity index is 619. The summed E-state index contributed by atoms with van der Waals surface area (Å²) in [4.78, 5) is 3.40. The number of hydrogen-bond acceptors (Lipinski definition) is 1. The van der Waals surface area contributed by atoms with Crippen LogP contribution in [0, 0.1) is 13.8 Å². The van der Waals surface area contributed by atoms with Gasteiger partial charge in [-0.3, -0.25) is 0 Å². The Morgan fingerprint density at radius 1 is 1.05 bits per heavy atom. The lowest BCUT2D eigenvalue weighted by Crippen LogP contribution is -1.97. The quantitative estimate of drug-likeness (QED) is 0.493. The lowest BCUT2D eigenvalue weighted by atomic mass is 9.98. The smallest absolute Gasteiger partial charge is 0.0740 e. The van der Waals surface area contributed by atoms with Crippen molar-refractivity contribution in [3.63, 3.8) is 0 Å². The Kier molecular flexibility index (Phi) is 4.40. The van der Waals surface area contributed by atoms with E-state index in [-0.39, 0.29) is 0 Å². The second kappa shape index (κ2) is 5.94. The molecule has 20 heavy (non-hydrogen) atoms. The highest BCUT2D eigenvalue weighted by atomic mass is 79.9. The summed E-state index contributed by atoms with van der Waals surface area (Å²) < 4.78 is 1.20. The number of rotatable bonds is 2. The fourth-order valence-electron chi connectivity index (χ4n) is 2.87. The first-order chi connectivity index (χ1) is 9.56. The van der Waals surface area contributed by atoms with E-state index >= 15 is 0 Å². The van der Waals surface area contributed by atoms with E-state index in [2.05, 4.69) is 63.9 Å². The Morgan fingerprint density at radius 2 is 1.80 bits per heavy atom. The standard InChI is InChI=1S/C17H18Br2S/c1-10-8-14(18)11(2)7-13(10)17(19)16-9-12-5-3-4-6-15(12)20-16/h7-9,17H,3-6H2,1-2H3. The van der Waals surface area contributed by atoms with Gasteiger partial charge in [-0.1, -0.05) is 37.9 Å². The van der Waals surface area contributed by atoms with Gasteiger partial charge in [-0.15, -0.1) is 11.3 Å². The minimum absolute atomic E-state index is 0.324. The first-order valence-corrected chi connectivity index (χ1v) is 9.61. The molecule has 3 heteroatoms. The number of thiophene rings is 1. The fourth-order valence-corrected chi connectivity index (χ4v) is 5.49. The van der Waals surface area contributed by atoms with Crippen LogP contribution >= 0.6 is 43.2 Å². The van der Waals surface area contributed by atoms with Crippen LogP contribution in [0.4, 0.5) is 0 Å². The van der Waals surface area contributed by atoms with E-state index in [4.69, 9.17) is 0 Å². The normalized spacial score (nSPS) is 16.0. The third-order valence-corrected chi connectivity index (χ3v) is 7.53.